The minimum absolute atomic E-state index is 0.00936. The summed E-state index contributed by atoms with van der Waals surface area (Å²) in [6.07, 6.45) is 10.9. The highest BCUT2D eigenvalue weighted by molar-refractivity contribution is 8.76. The van der Waals surface area contributed by atoms with Gasteiger partial charge < -0.3 is 56.5 Å². The standard InChI is InChI=1S/C64H77N3O8S2/c1-2-38-25-41-28-57(72)59(75-60-29-42(26-44-14-9-22-66-44)45-20-23-67-63(65)52(45)36-77-76-35-43(33-68)62(60)74)31-48(41)50-30-58(73)61-40(27-47(38)50)19-21-64-32-51(39-12-7-4-8-13-39)49(24-37-10-5-3-6-11-37)46(54(64)34-69)15-16-53(64)55(70)17-18-56(61)71/h3-16,20,22,27-28,31,38,40,42-43,46,49-51,53-56,58,60-62,66-74H,2,17-18,23-26,29-30,32-36,65H2,1H3/t38-,40+,42+,43+,46+,49+,50-,51+,53+,54-,55+,56+,58-,60-,61-,62-,64+/m1/s1. The molecule has 1 saturated heterocycles. The predicted octanol–water partition coefficient (Wildman–Crippen LogP) is 8.33. The van der Waals surface area contributed by atoms with Crippen molar-refractivity contribution in [3.05, 3.63) is 166 Å². The fourth-order valence-electron chi connectivity index (χ4n) is 15.2. The van der Waals surface area contributed by atoms with E-state index in [2.05, 4.69) is 108 Å². The number of allylic oxidation sites excluding steroid dienone is 4. The lowest BCUT2D eigenvalue weighted by atomic mass is 9.46. The maximum absolute atomic E-state index is 12.7. The summed E-state index contributed by atoms with van der Waals surface area (Å²) in [5, 5.41) is 87.4. The molecule has 408 valence electrons. The van der Waals surface area contributed by atoms with Crippen LogP contribution in [0.15, 0.2) is 138 Å². The van der Waals surface area contributed by atoms with Gasteiger partial charge in [-0.15, -0.1) is 0 Å². The van der Waals surface area contributed by atoms with E-state index in [-0.39, 0.29) is 78.5 Å². The molecule has 13 heteroatoms. The van der Waals surface area contributed by atoms with E-state index in [9.17, 15) is 35.7 Å². The summed E-state index contributed by atoms with van der Waals surface area (Å²) >= 11 is 0. The van der Waals surface area contributed by atoms with E-state index >= 15 is 0 Å². The molecule has 7 aliphatic rings. The smallest absolute Gasteiger partial charge is 0.161 e. The number of nitrogens with two attached hydrogens (primary N) is 1. The molecule has 1 saturated carbocycles. The Labute approximate surface area is 462 Å². The van der Waals surface area contributed by atoms with Crippen molar-refractivity contribution < 1.29 is 40.5 Å². The zero-order chi connectivity index (χ0) is 53.4. The molecule has 0 amide bonds. The lowest BCUT2D eigenvalue weighted by Crippen LogP contribution is -2.55. The van der Waals surface area contributed by atoms with Crippen molar-refractivity contribution in [3.63, 3.8) is 0 Å². The number of hydrogen-bond donors (Lipinski definition) is 10. The summed E-state index contributed by atoms with van der Waals surface area (Å²) in [6.45, 7) is 2.42. The summed E-state index contributed by atoms with van der Waals surface area (Å²) in [4.78, 5) is 3.37. The van der Waals surface area contributed by atoms with E-state index in [0.717, 1.165) is 46.4 Å². The van der Waals surface area contributed by atoms with Gasteiger partial charge in [0.25, 0.3) is 0 Å². The number of nitrogens with one attached hydrogen (secondary N) is 2. The van der Waals surface area contributed by atoms with Crippen LogP contribution in [0, 0.1) is 70.5 Å². The molecule has 2 bridgehead atoms. The molecule has 0 unspecified atom stereocenters. The van der Waals surface area contributed by atoms with Gasteiger partial charge in [0.2, 0.25) is 0 Å². The van der Waals surface area contributed by atoms with Crippen LogP contribution in [0.4, 0.5) is 0 Å². The van der Waals surface area contributed by atoms with E-state index in [4.69, 9.17) is 10.5 Å². The lowest BCUT2D eigenvalue weighted by molar-refractivity contribution is -0.0678. The Balaban J connectivity index is 0.978. The first-order chi connectivity index (χ1) is 37.5. The van der Waals surface area contributed by atoms with Gasteiger partial charge in [0.15, 0.2) is 11.5 Å². The van der Waals surface area contributed by atoms with Crippen molar-refractivity contribution in [2.24, 2.45) is 64.4 Å². The number of aromatic amines is 1. The third-order valence-electron chi connectivity index (χ3n) is 19.1. The van der Waals surface area contributed by atoms with Gasteiger partial charge in [0.1, 0.15) is 11.9 Å². The maximum atomic E-state index is 12.7. The number of rotatable bonds is 10. The lowest BCUT2D eigenvalue weighted by Gasteiger charge is -2.57. The Morgan fingerprint density at radius 1 is 0.857 bits per heavy atom. The average Bonchev–Trinajstić information content (AvgIpc) is 4.00. The highest BCUT2D eigenvalue weighted by Crippen LogP contribution is 2.61. The zero-order valence-electron chi connectivity index (χ0n) is 44.0. The second-order valence-corrected chi connectivity index (χ2v) is 25.7. The Morgan fingerprint density at radius 3 is 2.40 bits per heavy atom. The van der Waals surface area contributed by atoms with Crippen LogP contribution in [0.2, 0.25) is 0 Å². The van der Waals surface area contributed by atoms with Gasteiger partial charge in [-0.25, -0.2) is 0 Å². The molecule has 2 fully saturated rings. The summed E-state index contributed by atoms with van der Waals surface area (Å²) in [5.74, 6) is 7.22. The molecule has 1 spiro atoms. The summed E-state index contributed by atoms with van der Waals surface area (Å²) < 4.78 is 6.97. The van der Waals surface area contributed by atoms with Crippen LogP contribution in [0.25, 0.3) is 0 Å². The third-order valence-corrected chi connectivity index (χ3v) is 21.5. The highest BCUT2D eigenvalue weighted by Gasteiger charge is 2.58. The minimum atomic E-state index is -1.08. The fraction of sp³-hybridized carbons (Fsp3) is 0.500. The van der Waals surface area contributed by atoms with Crippen molar-refractivity contribution in [2.75, 3.05) is 31.3 Å². The van der Waals surface area contributed by atoms with Gasteiger partial charge in [0.05, 0.1) is 24.4 Å². The molecular formula is C64H77N3O8S2. The van der Waals surface area contributed by atoms with E-state index < -0.39 is 53.7 Å². The molecule has 5 aliphatic carbocycles. The number of phenols is 1. The topological polar surface area (TPSA) is 205 Å². The SMILES string of the molecule is CC[C@@H]1Cc2cc(O)c(O[C@@H]3C[C@H](Cc4ccc[nH]4)C4=CCNC(N)=C4CSSC[C@H](CO)[C@H]3O)cc2[C@@H]2C[C@@H](O)[C@@H]3[C@@H](C#C[C@]45C[C@@H](c6ccccc6)[C@@H](Cc6ccccc6)[C@H](C=C[C@H]4[C@@H](O)CC[C@@H]3O)[C@H]5CO)C=C12. The zero-order valence-corrected chi connectivity index (χ0v) is 45.7. The molecule has 2 aliphatic heterocycles. The van der Waals surface area contributed by atoms with Crippen molar-refractivity contribution in [1.29, 1.82) is 0 Å². The number of fused-ring (bicyclic) bond motifs is 6. The Morgan fingerprint density at radius 2 is 1.65 bits per heavy atom. The van der Waals surface area contributed by atoms with Crippen LogP contribution in [0.5, 0.6) is 11.5 Å². The average molecular weight is 1080 g/mol. The second kappa shape index (κ2) is 23.4. The fourth-order valence-corrected chi connectivity index (χ4v) is 17.7. The molecule has 3 aromatic carbocycles. The molecule has 77 heavy (non-hydrogen) atoms. The number of ether oxygens (including phenoxy) is 1. The molecule has 17 atom stereocenters. The van der Waals surface area contributed by atoms with Gasteiger partial charge in [-0.2, -0.15) is 0 Å². The first kappa shape index (κ1) is 54.1. The molecule has 11 rings (SSSR count). The Kier molecular flexibility index (Phi) is 16.5. The Bertz CT molecular complexity index is 2880. The van der Waals surface area contributed by atoms with Crippen molar-refractivity contribution >= 4 is 21.6 Å². The number of phenolic OH excluding ortho intramolecular Hbond substituents is 1. The molecule has 11 N–H and O–H groups in total. The molecule has 1 aromatic heterocycles. The summed E-state index contributed by atoms with van der Waals surface area (Å²) in [6, 6.07) is 29.0. The number of dihydropyridines is 1. The van der Waals surface area contributed by atoms with E-state index in [1.54, 1.807) is 27.7 Å². The van der Waals surface area contributed by atoms with E-state index in [1.807, 2.05) is 30.5 Å². The maximum Gasteiger partial charge on any atom is 0.161 e. The van der Waals surface area contributed by atoms with Crippen LogP contribution < -0.4 is 15.8 Å². The molecule has 4 aromatic rings. The number of benzene rings is 3. The number of aromatic hydroxyl groups is 1. The summed E-state index contributed by atoms with van der Waals surface area (Å²) in [5.41, 5.74) is 14.5. The minimum Gasteiger partial charge on any atom is -0.504 e. The highest BCUT2D eigenvalue weighted by atomic mass is 33.1. The van der Waals surface area contributed by atoms with Crippen molar-refractivity contribution in [1.82, 2.24) is 10.3 Å². The quantitative estimate of drug-likeness (QED) is 0.0414. The predicted molar refractivity (Wildman–Crippen MR) is 305 cm³/mol. The number of hydrogen-bond acceptors (Lipinski definition) is 12. The molecule has 11 nitrogen and oxygen atoms in total. The largest absolute Gasteiger partial charge is 0.504 e. The van der Waals surface area contributed by atoms with Gasteiger partial charge in [-0.05, 0) is 139 Å². The van der Waals surface area contributed by atoms with Gasteiger partial charge >= 0.3 is 0 Å². The van der Waals surface area contributed by atoms with Crippen LogP contribution >= 0.6 is 21.6 Å². The normalized spacial score (nSPS) is 36.0. The van der Waals surface area contributed by atoms with Crippen molar-refractivity contribution in [2.45, 2.75) is 107 Å². The second-order valence-electron chi connectivity index (χ2n) is 23.2. The van der Waals surface area contributed by atoms with Crippen LogP contribution in [0.3, 0.4) is 0 Å². The van der Waals surface area contributed by atoms with Crippen molar-refractivity contribution in [3.8, 4) is 23.3 Å². The Hall–Kier alpha value is -4.88. The summed E-state index contributed by atoms with van der Waals surface area (Å²) in [7, 11) is 3.24. The van der Waals surface area contributed by atoms with Gasteiger partial charge in [0, 0.05) is 89.7 Å². The number of aliphatic hydroxyl groups is 6. The molecule has 0 radical (unpaired) electrons. The third kappa shape index (κ3) is 10.7. The van der Waals surface area contributed by atoms with Gasteiger partial charge in [-0.1, -0.05) is 131 Å². The number of aromatic nitrogens is 1. The van der Waals surface area contributed by atoms with E-state index in [1.165, 1.54) is 11.1 Å². The van der Waals surface area contributed by atoms with Crippen LogP contribution in [-0.2, 0) is 19.3 Å². The first-order valence-electron chi connectivity index (χ1n) is 28.3. The van der Waals surface area contributed by atoms with Crippen LogP contribution in [-0.4, -0.2) is 103 Å². The van der Waals surface area contributed by atoms with Crippen LogP contribution in [0.1, 0.15) is 85.2 Å². The first-order valence-corrected chi connectivity index (χ1v) is 30.7. The monoisotopic (exact) mass is 1080 g/mol. The number of aliphatic hydroxyl groups excluding tert-OH is 6. The van der Waals surface area contributed by atoms with Gasteiger partial charge in [-0.3, -0.25) is 0 Å². The molecule has 3 heterocycles. The van der Waals surface area contributed by atoms with E-state index in [0.29, 0.717) is 62.4 Å². The number of H-pyrrole nitrogens is 1. The molecular weight excluding hydrogens is 1000 g/mol.